The van der Waals surface area contributed by atoms with Crippen molar-refractivity contribution in [2.45, 2.75) is 33.1 Å². The molecule has 154 valence electrons. The molecule has 2 amide bonds. The molecule has 2 aromatic rings. The molecule has 0 aliphatic heterocycles. The fourth-order valence-electron chi connectivity index (χ4n) is 2.47. The number of anilines is 2. The van der Waals surface area contributed by atoms with Crippen molar-refractivity contribution in [3.63, 3.8) is 0 Å². The van der Waals surface area contributed by atoms with Crippen molar-refractivity contribution in [2.24, 2.45) is 0 Å². The summed E-state index contributed by atoms with van der Waals surface area (Å²) in [5.41, 5.74) is 2.99. The zero-order valence-electron chi connectivity index (χ0n) is 16.2. The van der Waals surface area contributed by atoms with Gasteiger partial charge in [0.25, 0.3) is 5.91 Å². The van der Waals surface area contributed by atoms with Crippen LogP contribution in [0.4, 0.5) is 15.8 Å². The second kappa shape index (κ2) is 10.7. The Morgan fingerprint density at radius 1 is 0.966 bits per heavy atom. The molecule has 2 rings (SSSR count). The molecular weight excluding hydrogens is 443 g/mol. The zero-order chi connectivity index (χ0) is 21.4. The largest absolute Gasteiger partial charge is 0.456 e. The van der Waals surface area contributed by atoms with Crippen LogP contribution in [0.5, 0.6) is 0 Å². The van der Waals surface area contributed by atoms with Gasteiger partial charge in [-0.25, -0.2) is 4.39 Å². The summed E-state index contributed by atoms with van der Waals surface area (Å²) < 4.78 is 18.7. The first-order valence-corrected chi connectivity index (χ1v) is 9.81. The summed E-state index contributed by atoms with van der Waals surface area (Å²) in [6, 6.07) is 9.13. The number of hydrogen-bond donors (Lipinski definition) is 2. The molecule has 29 heavy (non-hydrogen) atoms. The normalized spacial score (nSPS) is 10.3. The van der Waals surface area contributed by atoms with Crippen LogP contribution in [-0.2, 0) is 19.1 Å². The fraction of sp³-hybridized carbons (Fsp3) is 0.286. The predicted molar refractivity (Wildman–Crippen MR) is 112 cm³/mol. The van der Waals surface area contributed by atoms with Crippen LogP contribution in [0, 0.1) is 19.7 Å². The van der Waals surface area contributed by atoms with E-state index in [2.05, 4.69) is 26.6 Å². The van der Waals surface area contributed by atoms with Crippen molar-refractivity contribution < 1.29 is 23.5 Å². The van der Waals surface area contributed by atoms with E-state index in [0.717, 1.165) is 15.6 Å². The van der Waals surface area contributed by atoms with E-state index in [1.165, 1.54) is 24.3 Å². The minimum absolute atomic E-state index is 0.0144. The van der Waals surface area contributed by atoms with Gasteiger partial charge < -0.3 is 15.4 Å². The van der Waals surface area contributed by atoms with E-state index in [1.54, 1.807) is 0 Å². The van der Waals surface area contributed by atoms with Gasteiger partial charge in [-0.1, -0.05) is 15.9 Å². The fourth-order valence-corrected chi connectivity index (χ4v) is 2.93. The number of carbonyl (C=O) groups is 3. The van der Waals surface area contributed by atoms with Crippen LogP contribution in [0.15, 0.2) is 40.9 Å². The highest BCUT2D eigenvalue weighted by atomic mass is 79.9. The molecule has 0 bridgehead atoms. The number of benzene rings is 2. The standard InChI is InChI=1S/C21H22BrFN2O4/c1-13-11-18(14(2)10-17(13)22)25-20(27)12-29-21(28)5-3-4-19(26)24-16-8-6-15(23)7-9-16/h6-11H,3-5,12H2,1-2H3,(H,24,26)(H,25,27). The number of halogens is 2. The lowest BCUT2D eigenvalue weighted by Gasteiger charge is -2.11. The van der Waals surface area contributed by atoms with Gasteiger partial charge >= 0.3 is 5.97 Å². The third kappa shape index (κ3) is 7.65. The third-order valence-corrected chi connectivity index (χ3v) is 4.91. The molecule has 0 saturated heterocycles. The lowest BCUT2D eigenvalue weighted by Crippen LogP contribution is -2.21. The summed E-state index contributed by atoms with van der Waals surface area (Å²) in [6.07, 6.45) is 0.398. The summed E-state index contributed by atoms with van der Waals surface area (Å²) in [7, 11) is 0. The van der Waals surface area contributed by atoms with Crippen molar-refractivity contribution in [3.8, 4) is 0 Å². The Bertz CT molecular complexity index is 900. The highest BCUT2D eigenvalue weighted by molar-refractivity contribution is 9.10. The minimum Gasteiger partial charge on any atom is -0.456 e. The Morgan fingerprint density at radius 3 is 2.34 bits per heavy atom. The molecule has 2 aromatic carbocycles. The van der Waals surface area contributed by atoms with Gasteiger partial charge in [-0.15, -0.1) is 0 Å². The van der Waals surface area contributed by atoms with Crippen LogP contribution in [0.1, 0.15) is 30.4 Å². The van der Waals surface area contributed by atoms with Crippen LogP contribution < -0.4 is 10.6 Å². The Kier molecular flexibility index (Phi) is 8.33. The lowest BCUT2D eigenvalue weighted by molar-refractivity contribution is -0.147. The van der Waals surface area contributed by atoms with E-state index in [4.69, 9.17) is 4.74 Å². The van der Waals surface area contributed by atoms with Crippen molar-refractivity contribution in [2.75, 3.05) is 17.2 Å². The average molecular weight is 465 g/mol. The Labute approximate surface area is 177 Å². The van der Waals surface area contributed by atoms with Gasteiger partial charge in [-0.2, -0.15) is 0 Å². The number of aryl methyl sites for hydroxylation is 2. The number of hydrogen-bond acceptors (Lipinski definition) is 4. The van der Waals surface area contributed by atoms with Crippen molar-refractivity contribution in [3.05, 3.63) is 57.8 Å². The molecule has 0 radical (unpaired) electrons. The van der Waals surface area contributed by atoms with E-state index < -0.39 is 18.5 Å². The first-order valence-electron chi connectivity index (χ1n) is 9.02. The smallest absolute Gasteiger partial charge is 0.306 e. The van der Waals surface area contributed by atoms with Crippen LogP contribution >= 0.6 is 15.9 Å². The molecule has 0 atom stereocenters. The Balaban J connectivity index is 1.67. The molecule has 0 saturated carbocycles. The van der Waals surface area contributed by atoms with E-state index >= 15 is 0 Å². The Hall–Kier alpha value is -2.74. The average Bonchev–Trinajstić information content (AvgIpc) is 2.66. The van der Waals surface area contributed by atoms with Crippen LogP contribution in [0.25, 0.3) is 0 Å². The van der Waals surface area contributed by atoms with Crippen LogP contribution in [0.2, 0.25) is 0 Å². The SMILES string of the molecule is Cc1cc(NC(=O)COC(=O)CCCC(=O)Nc2ccc(F)cc2)c(C)cc1Br. The quantitative estimate of drug-likeness (QED) is 0.563. The molecular formula is C21H22BrFN2O4. The lowest BCUT2D eigenvalue weighted by atomic mass is 10.1. The van der Waals surface area contributed by atoms with Gasteiger partial charge in [0.1, 0.15) is 5.82 Å². The van der Waals surface area contributed by atoms with E-state index in [-0.39, 0.29) is 31.0 Å². The maximum atomic E-state index is 12.8. The summed E-state index contributed by atoms with van der Waals surface area (Å²) in [5, 5.41) is 5.32. The van der Waals surface area contributed by atoms with E-state index in [0.29, 0.717) is 11.4 Å². The maximum absolute atomic E-state index is 12.8. The van der Waals surface area contributed by atoms with Gasteiger partial charge in [0.15, 0.2) is 6.61 Å². The predicted octanol–water partition coefficient (Wildman–Crippen LogP) is 4.50. The van der Waals surface area contributed by atoms with E-state index in [9.17, 15) is 18.8 Å². The molecule has 0 heterocycles. The summed E-state index contributed by atoms with van der Waals surface area (Å²) in [6.45, 7) is 3.38. The molecule has 0 aliphatic carbocycles. The molecule has 0 aliphatic rings. The summed E-state index contributed by atoms with van der Waals surface area (Å²) in [4.78, 5) is 35.6. The first kappa shape index (κ1) is 22.5. The number of rotatable bonds is 8. The minimum atomic E-state index is -0.557. The third-order valence-electron chi connectivity index (χ3n) is 4.06. The number of carbonyl (C=O) groups excluding carboxylic acids is 3. The Morgan fingerprint density at radius 2 is 1.66 bits per heavy atom. The number of esters is 1. The second-order valence-corrected chi connectivity index (χ2v) is 7.39. The van der Waals surface area contributed by atoms with Crippen LogP contribution in [-0.4, -0.2) is 24.4 Å². The summed E-state index contributed by atoms with van der Waals surface area (Å²) >= 11 is 3.43. The second-order valence-electron chi connectivity index (χ2n) is 6.53. The molecule has 6 nitrogen and oxygen atoms in total. The van der Waals surface area contributed by atoms with Gasteiger partial charge in [0.05, 0.1) is 0 Å². The molecule has 0 spiro atoms. The molecule has 0 fully saturated rings. The molecule has 0 unspecified atom stereocenters. The first-order chi connectivity index (χ1) is 13.7. The van der Waals surface area contributed by atoms with Gasteiger partial charge in [0.2, 0.25) is 5.91 Å². The number of amides is 2. The van der Waals surface area contributed by atoms with Crippen molar-refractivity contribution in [1.82, 2.24) is 0 Å². The molecule has 0 aromatic heterocycles. The summed E-state index contributed by atoms with van der Waals surface area (Å²) in [5.74, 6) is -1.67. The molecule has 2 N–H and O–H groups in total. The van der Waals surface area contributed by atoms with Gasteiger partial charge in [0, 0.05) is 28.7 Å². The number of ether oxygens (including phenoxy) is 1. The topological polar surface area (TPSA) is 84.5 Å². The van der Waals surface area contributed by atoms with Gasteiger partial charge in [-0.3, -0.25) is 14.4 Å². The van der Waals surface area contributed by atoms with E-state index in [1.807, 2.05) is 26.0 Å². The van der Waals surface area contributed by atoms with Crippen molar-refractivity contribution >= 4 is 45.1 Å². The highest BCUT2D eigenvalue weighted by Gasteiger charge is 2.11. The van der Waals surface area contributed by atoms with Gasteiger partial charge in [-0.05, 0) is 67.8 Å². The molecule has 8 heteroatoms. The van der Waals surface area contributed by atoms with Crippen LogP contribution in [0.3, 0.4) is 0 Å². The maximum Gasteiger partial charge on any atom is 0.306 e. The van der Waals surface area contributed by atoms with Crippen molar-refractivity contribution in [1.29, 1.82) is 0 Å². The monoisotopic (exact) mass is 464 g/mol. The zero-order valence-corrected chi connectivity index (χ0v) is 17.8. The highest BCUT2D eigenvalue weighted by Crippen LogP contribution is 2.24. The number of nitrogens with one attached hydrogen (secondary N) is 2.